The fourth-order valence-corrected chi connectivity index (χ4v) is 1.34. The van der Waals surface area contributed by atoms with Gasteiger partial charge in [0.1, 0.15) is 11.5 Å². The van der Waals surface area contributed by atoms with Gasteiger partial charge in [0.2, 0.25) is 0 Å². The standard InChI is InChI=1S/C13H16O3/c1-3-16-12-7-5-11(6-8-12)13(15)9-4-10(2)14/h5-8H,3-4,9H2,1-2H3. The van der Waals surface area contributed by atoms with Gasteiger partial charge in [-0.1, -0.05) is 0 Å². The molecule has 0 spiro atoms. The predicted octanol–water partition coefficient (Wildman–Crippen LogP) is 2.64. The lowest BCUT2D eigenvalue weighted by Crippen LogP contribution is -2.02. The minimum Gasteiger partial charge on any atom is -0.494 e. The third kappa shape index (κ3) is 3.85. The normalized spacial score (nSPS) is 9.88. The van der Waals surface area contributed by atoms with Gasteiger partial charge in [-0.05, 0) is 38.1 Å². The van der Waals surface area contributed by atoms with Gasteiger partial charge in [-0.2, -0.15) is 0 Å². The number of hydrogen-bond acceptors (Lipinski definition) is 3. The van der Waals surface area contributed by atoms with Crippen molar-refractivity contribution < 1.29 is 14.3 Å². The number of benzene rings is 1. The van der Waals surface area contributed by atoms with E-state index in [1.807, 2.05) is 6.92 Å². The minimum atomic E-state index is -0.00162. The molecule has 0 saturated carbocycles. The highest BCUT2D eigenvalue weighted by Gasteiger charge is 2.06. The number of ether oxygens (including phenoxy) is 1. The maximum absolute atomic E-state index is 11.6. The molecule has 0 atom stereocenters. The lowest BCUT2D eigenvalue weighted by Gasteiger charge is -2.04. The second-order valence-corrected chi connectivity index (χ2v) is 3.58. The van der Waals surface area contributed by atoms with Crippen molar-refractivity contribution in [3.8, 4) is 5.75 Å². The highest BCUT2D eigenvalue weighted by Crippen LogP contribution is 2.13. The van der Waals surface area contributed by atoms with Crippen LogP contribution >= 0.6 is 0 Å². The summed E-state index contributed by atoms with van der Waals surface area (Å²) in [5.41, 5.74) is 0.629. The van der Waals surface area contributed by atoms with E-state index in [-0.39, 0.29) is 18.0 Å². The zero-order valence-electron chi connectivity index (χ0n) is 9.66. The maximum Gasteiger partial charge on any atom is 0.163 e. The number of Topliss-reactive ketones (excluding diaryl/α,β-unsaturated/α-hetero) is 2. The number of carbonyl (C=O) groups is 2. The molecule has 0 aliphatic carbocycles. The van der Waals surface area contributed by atoms with Crippen molar-refractivity contribution in [2.75, 3.05) is 6.61 Å². The molecule has 1 aromatic rings. The summed E-state index contributed by atoms with van der Waals surface area (Å²) >= 11 is 0. The van der Waals surface area contributed by atoms with Gasteiger partial charge in [-0.15, -0.1) is 0 Å². The molecule has 0 radical (unpaired) electrons. The second-order valence-electron chi connectivity index (χ2n) is 3.58. The topological polar surface area (TPSA) is 43.4 Å². The van der Waals surface area contributed by atoms with Crippen molar-refractivity contribution in [3.05, 3.63) is 29.8 Å². The van der Waals surface area contributed by atoms with Crippen molar-refractivity contribution in [3.63, 3.8) is 0 Å². The van der Waals surface area contributed by atoms with Crippen molar-refractivity contribution in [2.24, 2.45) is 0 Å². The Balaban J connectivity index is 2.59. The fraction of sp³-hybridized carbons (Fsp3) is 0.385. The van der Waals surface area contributed by atoms with Crippen LogP contribution in [0.1, 0.15) is 37.0 Å². The van der Waals surface area contributed by atoms with Gasteiger partial charge in [0, 0.05) is 18.4 Å². The van der Waals surface area contributed by atoms with Crippen LogP contribution in [0.15, 0.2) is 24.3 Å². The molecule has 0 aliphatic heterocycles. The van der Waals surface area contributed by atoms with Crippen molar-refractivity contribution in [1.82, 2.24) is 0 Å². The lowest BCUT2D eigenvalue weighted by molar-refractivity contribution is -0.116. The largest absolute Gasteiger partial charge is 0.494 e. The van der Waals surface area contributed by atoms with Gasteiger partial charge in [-0.3, -0.25) is 4.79 Å². The van der Waals surface area contributed by atoms with Crippen LogP contribution in [0.4, 0.5) is 0 Å². The lowest BCUT2D eigenvalue weighted by atomic mass is 10.1. The molecular weight excluding hydrogens is 204 g/mol. The van der Waals surface area contributed by atoms with Crippen molar-refractivity contribution in [1.29, 1.82) is 0 Å². The highest BCUT2D eigenvalue weighted by atomic mass is 16.5. The summed E-state index contributed by atoms with van der Waals surface area (Å²) in [5, 5.41) is 0. The first-order chi connectivity index (χ1) is 7.63. The Bertz CT molecular complexity index is 365. The Morgan fingerprint density at radius 2 is 1.75 bits per heavy atom. The highest BCUT2D eigenvalue weighted by molar-refractivity contribution is 5.98. The van der Waals surface area contributed by atoms with Gasteiger partial charge >= 0.3 is 0 Å². The van der Waals surface area contributed by atoms with Crippen LogP contribution in [0, 0.1) is 0 Å². The molecule has 16 heavy (non-hydrogen) atoms. The van der Waals surface area contributed by atoms with Crippen LogP contribution in [0.3, 0.4) is 0 Å². The minimum absolute atomic E-state index is 0.00162. The van der Waals surface area contributed by atoms with Gasteiger partial charge in [-0.25, -0.2) is 0 Å². The quantitative estimate of drug-likeness (QED) is 0.692. The van der Waals surface area contributed by atoms with E-state index in [9.17, 15) is 9.59 Å². The average molecular weight is 220 g/mol. The van der Waals surface area contributed by atoms with E-state index in [1.165, 1.54) is 6.92 Å². The predicted molar refractivity (Wildman–Crippen MR) is 61.9 cm³/mol. The van der Waals surface area contributed by atoms with Gasteiger partial charge in [0.25, 0.3) is 0 Å². The number of rotatable bonds is 6. The summed E-state index contributed by atoms with van der Waals surface area (Å²) in [4.78, 5) is 22.4. The Morgan fingerprint density at radius 1 is 1.12 bits per heavy atom. The average Bonchev–Trinajstić information content (AvgIpc) is 2.27. The molecule has 3 heteroatoms. The molecule has 86 valence electrons. The first-order valence-electron chi connectivity index (χ1n) is 5.39. The van der Waals surface area contributed by atoms with Crippen LogP contribution < -0.4 is 4.74 Å². The van der Waals surface area contributed by atoms with Crippen LogP contribution in [0.5, 0.6) is 5.75 Å². The third-order valence-electron chi connectivity index (χ3n) is 2.19. The number of ketones is 2. The van der Waals surface area contributed by atoms with Gasteiger partial charge < -0.3 is 9.53 Å². The first kappa shape index (κ1) is 12.4. The van der Waals surface area contributed by atoms with Crippen LogP contribution in [-0.4, -0.2) is 18.2 Å². The first-order valence-corrected chi connectivity index (χ1v) is 5.39. The Labute approximate surface area is 95.4 Å². The number of hydrogen-bond donors (Lipinski definition) is 0. The molecule has 0 aliphatic rings. The Kier molecular flexibility index (Phi) is 4.70. The van der Waals surface area contributed by atoms with E-state index >= 15 is 0 Å². The summed E-state index contributed by atoms with van der Waals surface area (Å²) in [6.07, 6.45) is 0.593. The van der Waals surface area contributed by atoms with Gasteiger partial charge in [0.05, 0.1) is 6.61 Å². The van der Waals surface area contributed by atoms with E-state index in [0.717, 1.165) is 5.75 Å². The van der Waals surface area contributed by atoms with Crippen LogP contribution in [0.25, 0.3) is 0 Å². The zero-order chi connectivity index (χ0) is 12.0. The van der Waals surface area contributed by atoms with E-state index in [2.05, 4.69) is 0 Å². The van der Waals surface area contributed by atoms with Gasteiger partial charge in [0.15, 0.2) is 5.78 Å². The molecule has 0 aromatic heterocycles. The molecule has 0 bridgehead atoms. The van der Waals surface area contributed by atoms with E-state index in [1.54, 1.807) is 24.3 Å². The Morgan fingerprint density at radius 3 is 2.25 bits per heavy atom. The van der Waals surface area contributed by atoms with E-state index in [0.29, 0.717) is 18.6 Å². The smallest absolute Gasteiger partial charge is 0.163 e. The monoisotopic (exact) mass is 220 g/mol. The molecular formula is C13H16O3. The Hall–Kier alpha value is -1.64. The van der Waals surface area contributed by atoms with Crippen LogP contribution in [-0.2, 0) is 4.79 Å². The van der Waals surface area contributed by atoms with Crippen molar-refractivity contribution >= 4 is 11.6 Å². The second kappa shape index (κ2) is 6.05. The van der Waals surface area contributed by atoms with E-state index in [4.69, 9.17) is 4.74 Å². The molecule has 1 aromatic carbocycles. The summed E-state index contributed by atoms with van der Waals surface area (Å²) < 4.78 is 5.27. The summed E-state index contributed by atoms with van der Waals surface area (Å²) in [6.45, 7) is 4.01. The summed E-state index contributed by atoms with van der Waals surface area (Å²) in [7, 11) is 0. The summed E-state index contributed by atoms with van der Waals surface area (Å²) in [6, 6.07) is 7.00. The van der Waals surface area contributed by atoms with Crippen molar-refractivity contribution in [2.45, 2.75) is 26.7 Å². The molecule has 1 rings (SSSR count). The SMILES string of the molecule is CCOc1ccc(C(=O)CCC(C)=O)cc1. The van der Waals surface area contributed by atoms with Crippen LogP contribution in [0.2, 0.25) is 0 Å². The maximum atomic E-state index is 11.6. The summed E-state index contributed by atoms with van der Waals surface area (Å²) in [5.74, 6) is 0.795. The van der Waals surface area contributed by atoms with E-state index < -0.39 is 0 Å². The fourth-order valence-electron chi connectivity index (χ4n) is 1.34. The molecule has 0 saturated heterocycles. The number of carbonyl (C=O) groups excluding carboxylic acids is 2. The molecule has 0 N–H and O–H groups in total. The third-order valence-corrected chi connectivity index (χ3v) is 2.19. The molecule has 0 heterocycles. The zero-order valence-corrected chi connectivity index (χ0v) is 9.66. The molecule has 0 unspecified atom stereocenters. The molecule has 0 fully saturated rings. The molecule has 3 nitrogen and oxygen atoms in total. The molecule has 0 amide bonds.